The molecule has 0 aliphatic carbocycles. The number of thiophene rings is 1. The predicted molar refractivity (Wildman–Crippen MR) is 85.6 cm³/mol. The molecule has 0 bridgehead atoms. The van der Waals surface area contributed by atoms with Gasteiger partial charge < -0.3 is 9.64 Å². The van der Waals surface area contributed by atoms with Crippen LogP contribution < -0.4 is 0 Å². The zero-order chi connectivity index (χ0) is 15.0. The van der Waals surface area contributed by atoms with Crippen molar-refractivity contribution >= 4 is 40.4 Å². The summed E-state index contributed by atoms with van der Waals surface area (Å²) in [5.41, 5.74) is 0.529. The van der Waals surface area contributed by atoms with E-state index in [2.05, 4.69) is 11.8 Å². The zero-order valence-corrected chi connectivity index (χ0v) is 14.2. The van der Waals surface area contributed by atoms with Gasteiger partial charge in [0.15, 0.2) is 0 Å². The van der Waals surface area contributed by atoms with Crippen LogP contribution in [0.5, 0.6) is 0 Å². The van der Waals surface area contributed by atoms with Crippen LogP contribution in [0.25, 0.3) is 0 Å². The van der Waals surface area contributed by atoms with Crippen LogP contribution in [-0.4, -0.2) is 61.1 Å². The van der Waals surface area contributed by atoms with E-state index < -0.39 is 0 Å². The minimum Gasteiger partial charge on any atom is -0.379 e. The number of rotatable bonds is 2. The summed E-state index contributed by atoms with van der Waals surface area (Å²) in [6.07, 6.45) is 0. The molecule has 1 aromatic heterocycles. The molecule has 0 unspecified atom stereocenters. The van der Waals surface area contributed by atoms with Crippen molar-refractivity contribution in [1.82, 2.24) is 9.80 Å². The number of ether oxygens (including phenoxy) is 1. The lowest BCUT2D eigenvalue weighted by molar-refractivity contribution is 0.0119. The highest BCUT2D eigenvalue weighted by Gasteiger charge is 2.37. The van der Waals surface area contributed by atoms with Crippen molar-refractivity contribution in [3.63, 3.8) is 0 Å². The van der Waals surface area contributed by atoms with Gasteiger partial charge >= 0.3 is 0 Å². The summed E-state index contributed by atoms with van der Waals surface area (Å²) in [5.74, 6) is 0.450. The van der Waals surface area contributed by atoms with Crippen molar-refractivity contribution in [2.45, 2.75) is 13.0 Å². The summed E-state index contributed by atoms with van der Waals surface area (Å²) in [4.78, 5) is 16.9. The molecule has 3 rings (SSSR count). The molecular formula is C14H18Cl2N2O2S. The van der Waals surface area contributed by atoms with Crippen molar-refractivity contribution in [3.05, 3.63) is 20.3 Å². The van der Waals surface area contributed by atoms with Crippen LogP contribution >= 0.6 is 34.5 Å². The van der Waals surface area contributed by atoms with Crippen molar-refractivity contribution in [1.29, 1.82) is 0 Å². The molecule has 0 N–H and O–H groups in total. The molecule has 21 heavy (non-hydrogen) atoms. The van der Waals surface area contributed by atoms with E-state index in [1.165, 1.54) is 11.3 Å². The lowest BCUT2D eigenvalue weighted by Crippen LogP contribution is -2.47. The highest BCUT2D eigenvalue weighted by molar-refractivity contribution is 7.20. The average Bonchev–Trinajstić information content (AvgIpc) is 3.02. The van der Waals surface area contributed by atoms with Gasteiger partial charge in [-0.1, -0.05) is 30.1 Å². The Morgan fingerprint density at radius 2 is 2.05 bits per heavy atom. The summed E-state index contributed by atoms with van der Waals surface area (Å²) >= 11 is 13.3. The first-order valence-corrected chi connectivity index (χ1v) is 8.69. The van der Waals surface area contributed by atoms with E-state index in [1.54, 1.807) is 6.07 Å². The van der Waals surface area contributed by atoms with E-state index in [-0.39, 0.29) is 5.91 Å². The fourth-order valence-electron chi connectivity index (χ4n) is 3.16. The maximum Gasteiger partial charge on any atom is 0.256 e. The topological polar surface area (TPSA) is 32.8 Å². The molecule has 2 atom stereocenters. The monoisotopic (exact) mass is 348 g/mol. The second-order valence-electron chi connectivity index (χ2n) is 5.64. The first-order valence-electron chi connectivity index (χ1n) is 7.12. The van der Waals surface area contributed by atoms with Gasteiger partial charge in [0, 0.05) is 32.2 Å². The number of nitrogens with zero attached hydrogens (tertiary/aromatic N) is 2. The van der Waals surface area contributed by atoms with Gasteiger partial charge in [-0.15, -0.1) is 11.3 Å². The Hall–Kier alpha value is -0.330. The molecule has 1 aromatic rings. The zero-order valence-electron chi connectivity index (χ0n) is 11.8. The number of carbonyl (C=O) groups excluding carboxylic acids is 1. The molecule has 2 fully saturated rings. The highest BCUT2D eigenvalue weighted by Crippen LogP contribution is 2.33. The smallest absolute Gasteiger partial charge is 0.256 e. The molecule has 3 heterocycles. The van der Waals surface area contributed by atoms with Gasteiger partial charge in [0.25, 0.3) is 5.91 Å². The third-order valence-corrected chi connectivity index (χ3v) is 5.75. The van der Waals surface area contributed by atoms with Crippen LogP contribution in [0.1, 0.15) is 17.3 Å². The molecule has 2 aliphatic heterocycles. The lowest BCUT2D eigenvalue weighted by Gasteiger charge is -2.33. The minimum absolute atomic E-state index is 0.00856. The Morgan fingerprint density at radius 3 is 2.67 bits per heavy atom. The number of likely N-dealkylation sites (tertiary alicyclic amines) is 1. The summed E-state index contributed by atoms with van der Waals surface area (Å²) < 4.78 is 6.44. The number of hydrogen-bond donors (Lipinski definition) is 0. The molecule has 0 radical (unpaired) electrons. The van der Waals surface area contributed by atoms with E-state index in [9.17, 15) is 4.79 Å². The van der Waals surface area contributed by atoms with Crippen molar-refractivity contribution < 1.29 is 9.53 Å². The van der Waals surface area contributed by atoms with Gasteiger partial charge in [0.2, 0.25) is 0 Å². The van der Waals surface area contributed by atoms with Crippen LogP contribution in [0.4, 0.5) is 0 Å². The van der Waals surface area contributed by atoms with Gasteiger partial charge in [0.05, 0.1) is 23.1 Å². The van der Waals surface area contributed by atoms with Crippen LogP contribution in [0.2, 0.25) is 8.67 Å². The SMILES string of the molecule is C[C@@H]1CN(C(=O)c2cc(Cl)sc2Cl)C[C@@H]1N1CCOCC1. The van der Waals surface area contributed by atoms with Crippen LogP contribution in [-0.2, 0) is 4.74 Å². The molecular weight excluding hydrogens is 331 g/mol. The summed E-state index contributed by atoms with van der Waals surface area (Å²) in [6, 6.07) is 2.08. The van der Waals surface area contributed by atoms with Gasteiger partial charge in [0.1, 0.15) is 4.34 Å². The van der Waals surface area contributed by atoms with E-state index in [0.29, 0.717) is 26.2 Å². The van der Waals surface area contributed by atoms with Crippen molar-refractivity contribution in [2.24, 2.45) is 5.92 Å². The largest absolute Gasteiger partial charge is 0.379 e. The summed E-state index contributed by atoms with van der Waals surface area (Å²) in [6.45, 7) is 7.18. The molecule has 2 saturated heterocycles. The standard InChI is InChI=1S/C14H18Cl2N2O2S/c1-9-7-18(8-11(9)17-2-4-20-5-3-17)14(19)10-6-12(15)21-13(10)16/h6,9,11H,2-5,7-8H2,1H3/t9-,11+/m1/s1. The third kappa shape index (κ3) is 3.22. The number of amides is 1. The summed E-state index contributed by atoms with van der Waals surface area (Å²) in [7, 11) is 0. The average molecular weight is 349 g/mol. The molecule has 7 heteroatoms. The maximum atomic E-state index is 12.6. The first-order chi connectivity index (χ1) is 10.1. The van der Waals surface area contributed by atoms with Gasteiger partial charge in [-0.3, -0.25) is 9.69 Å². The fourth-order valence-corrected chi connectivity index (χ4v) is 4.60. The summed E-state index contributed by atoms with van der Waals surface area (Å²) in [5, 5.41) is 0. The van der Waals surface area contributed by atoms with Crippen molar-refractivity contribution in [2.75, 3.05) is 39.4 Å². The Morgan fingerprint density at radius 1 is 1.33 bits per heavy atom. The van der Waals surface area contributed by atoms with Crippen molar-refractivity contribution in [3.8, 4) is 0 Å². The maximum absolute atomic E-state index is 12.6. The van der Waals surface area contributed by atoms with E-state index >= 15 is 0 Å². The molecule has 0 spiro atoms. The molecule has 0 aromatic carbocycles. The fraction of sp³-hybridized carbons (Fsp3) is 0.643. The van der Waals surface area contributed by atoms with Gasteiger partial charge in [-0.25, -0.2) is 0 Å². The minimum atomic E-state index is -0.00856. The molecule has 0 saturated carbocycles. The van der Waals surface area contributed by atoms with Gasteiger partial charge in [-0.2, -0.15) is 0 Å². The van der Waals surface area contributed by atoms with E-state index in [1.807, 2.05) is 4.90 Å². The van der Waals surface area contributed by atoms with Crippen LogP contribution in [0, 0.1) is 5.92 Å². The Bertz CT molecular complexity index is 531. The quantitative estimate of drug-likeness (QED) is 0.823. The number of halogens is 2. The number of morpholine rings is 1. The van der Waals surface area contributed by atoms with Crippen LogP contribution in [0.15, 0.2) is 6.07 Å². The lowest BCUT2D eigenvalue weighted by atomic mass is 10.0. The Balaban J connectivity index is 1.70. The number of hydrogen-bond acceptors (Lipinski definition) is 4. The first kappa shape index (κ1) is 15.6. The van der Waals surface area contributed by atoms with E-state index in [0.717, 1.165) is 39.4 Å². The second-order valence-corrected chi connectivity index (χ2v) is 7.93. The molecule has 4 nitrogen and oxygen atoms in total. The van der Waals surface area contributed by atoms with Gasteiger partial charge in [-0.05, 0) is 12.0 Å². The molecule has 116 valence electrons. The molecule has 1 amide bonds. The molecule has 2 aliphatic rings. The Labute approximate surface area is 138 Å². The third-order valence-electron chi connectivity index (χ3n) is 4.26. The highest BCUT2D eigenvalue weighted by atomic mass is 35.5. The predicted octanol–water partition coefficient (Wildman–Crippen LogP) is 2.85. The van der Waals surface area contributed by atoms with Crippen LogP contribution in [0.3, 0.4) is 0 Å². The normalized spacial score (nSPS) is 27.3. The Kier molecular flexibility index (Phi) is 4.76. The number of carbonyl (C=O) groups is 1. The van der Waals surface area contributed by atoms with E-state index in [4.69, 9.17) is 27.9 Å². The second kappa shape index (κ2) is 6.42.